The van der Waals surface area contributed by atoms with Gasteiger partial charge in [0.05, 0.1) is 16.5 Å². The standard InChI is InChI=1S/C31H23BrO3.C31H23BrO2S/c2*32-24-15-13-20(14-16-24)19-9-11-21(12-10-19)23-17-22-5-1-2-6-25(22)27(18-23)29-30(33)26-7-3-4-8-28(26)35-31(29)34/h2*1-16,23,27,33H,17-18H2. The summed E-state index contributed by atoms with van der Waals surface area (Å²) in [6.07, 6.45) is 3.34. The molecule has 12 rings (SSSR count). The molecule has 0 fully saturated rings. The Kier molecular flexibility index (Phi) is 12.7. The van der Waals surface area contributed by atoms with E-state index in [-0.39, 0.29) is 39.9 Å². The molecule has 0 aliphatic heterocycles. The van der Waals surface area contributed by atoms with Gasteiger partial charge in [0, 0.05) is 30.9 Å². The lowest BCUT2D eigenvalue weighted by Gasteiger charge is -2.32. The second-order valence-corrected chi connectivity index (χ2v) is 21.2. The van der Waals surface area contributed by atoms with Crippen molar-refractivity contribution in [1.29, 1.82) is 0 Å². The van der Waals surface area contributed by atoms with E-state index in [1.54, 1.807) is 18.2 Å². The van der Waals surface area contributed by atoms with Crippen molar-refractivity contribution in [3.05, 3.63) is 268 Å². The van der Waals surface area contributed by atoms with E-state index in [4.69, 9.17) is 4.42 Å². The highest BCUT2D eigenvalue weighted by Crippen LogP contribution is 2.48. The van der Waals surface area contributed by atoms with Gasteiger partial charge in [-0.05, 0) is 142 Å². The highest BCUT2D eigenvalue weighted by molar-refractivity contribution is 9.10. The fourth-order valence-electron chi connectivity index (χ4n) is 10.8. The third kappa shape index (κ3) is 8.96. The van der Waals surface area contributed by atoms with Gasteiger partial charge in [-0.1, -0.05) is 189 Å². The number of hydrogen-bond donors (Lipinski definition) is 2. The van der Waals surface area contributed by atoms with Gasteiger partial charge in [0.2, 0.25) is 4.74 Å². The van der Waals surface area contributed by atoms with Crippen LogP contribution in [0.1, 0.15) is 81.0 Å². The summed E-state index contributed by atoms with van der Waals surface area (Å²) < 4.78 is 8.54. The molecule has 2 aliphatic carbocycles. The maximum absolute atomic E-state index is 13.3. The molecule has 70 heavy (non-hydrogen) atoms. The van der Waals surface area contributed by atoms with E-state index in [0.717, 1.165) is 55.8 Å². The lowest BCUT2D eigenvalue weighted by atomic mass is 9.72. The zero-order chi connectivity index (χ0) is 47.9. The molecular weight excluding hydrogens is 1020 g/mol. The number of para-hydroxylation sites is 1. The summed E-state index contributed by atoms with van der Waals surface area (Å²) in [5.41, 5.74) is 12.7. The van der Waals surface area contributed by atoms with E-state index < -0.39 is 5.63 Å². The molecule has 2 aromatic heterocycles. The molecule has 0 radical (unpaired) electrons. The van der Waals surface area contributed by atoms with E-state index in [0.29, 0.717) is 22.1 Å². The number of hydrogen-bond acceptors (Lipinski definition) is 6. The number of aromatic hydroxyl groups is 2. The molecule has 8 heteroatoms. The van der Waals surface area contributed by atoms with Gasteiger partial charge >= 0.3 is 5.63 Å². The smallest absolute Gasteiger partial charge is 0.343 e. The van der Waals surface area contributed by atoms with Gasteiger partial charge in [0.15, 0.2) is 0 Å². The van der Waals surface area contributed by atoms with Crippen LogP contribution in [0.4, 0.5) is 0 Å². The lowest BCUT2D eigenvalue weighted by molar-refractivity contribution is 0.437. The van der Waals surface area contributed by atoms with Crippen LogP contribution in [0.15, 0.2) is 217 Å². The first-order valence-corrected chi connectivity index (χ1v) is 25.9. The molecule has 0 bridgehead atoms. The minimum absolute atomic E-state index is 0.0305. The molecule has 0 saturated carbocycles. The van der Waals surface area contributed by atoms with Crippen molar-refractivity contribution in [2.75, 3.05) is 0 Å². The van der Waals surface area contributed by atoms with E-state index in [1.165, 1.54) is 55.8 Å². The Morgan fingerprint density at radius 2 is 0.871 bits per heavy atom. The first-order chi connectivity index (χ1) is 34.2. The first kappa shape index (κ1) is 45.6. The Balaban J connectivity index is 0.000000152. The SMILES string of the molecule is O=c1oc2ccccc2c(O)c1C1CC(c2ccc(-c3ccc(Br)cc3)cc2)Cc2ccccc21.O=c1sc2ccccc2c(O)c1C1CC(c2ccc(-c3ccc(Br)cc3)cc2)Cc2ccccc21. The van der Waals surface area contributed by atoms with Gasteiger partial charge in [-0.2, -0.15) is 0 Å². The minimum Gasteiger partial charge on any atom is -0.507 e. The fraction of sp³-hybridized carbons (Fsp3) is 0.129. The summed E-state index contributed by atoms with van der Waals surface area (Å²) in [5.74, 6) is 0.281. The van der Waals surface area contributed by atoms with Gasteiger partial charge < -0.3 is 14.6 Å². The van der Waals surface area contributed by atoms with Gasteiger partial charge in [0.1, 0.15) is 17.1 Å². The van der Waals surface area contributed by atoms with Crippen molar-refractivity contribution in [1.82, 2.24) is 0 Å². The Hall–Kier alpha value is -6.84. The van der Waals surface area contributed by atoms with Crippen molar-refractivity contribution < 1.29 is 14.6 Å². The van der Waals surface area contributed by atoms with Crippen LogP contribution < -0.4 is 10.4 Å². The van der Waals surface area contributed by atoms with Crippen LogP contribution in [-0.2, 0) is 12.8 Å². The van der Waals surface area contributed by atoms with Gasteiger partial charge in [-0.15, -0.1) is 0 Å². The zero-order valence-corrected chi connectivity index (χ0v) is 41.9. The van der Waals surface area contributed by atoms with Crippen molar-refractivity contribution in [2.45, 2.75) is 49.4 Å². The average Bonchev–Trinajstić information content (AvgIpc) is 3.39. The average molecular weight is 1060 g/mol. The molecule has 0 saturated heterocycles. The molecule has 2 aliphatic rings. The van der Waals surface area contributed by atoms with Gasteiger partial charge in [0.25, 0.3) is 0 Å². The molecule has 10 aromatic rings. The third-order valence-corrected chi connectivity index (χ3v) is 16.3. The summed E-state index contributed by atoms with van der Waals surface area (Å²) in [4.78, 5) is 26.4. The normalized spacial score (nSPS) is 17.3. The summed E-state index contributed by atoms with van der Waals surface area (Å²) >= 11 is 8.23. The molecule has 0 spiro atoms. The van der Waals surface area contributed by atoms with E-state index in [2.05, 4.69) is 147 Å². The minimum atomic E-state index is -0.466. The number of halogens is 2. The van der Waals surface area contributed by atoms with E-state index >= 15 is 0 Å². The molecule has 344 valence electrons. The quantitative estimate of drug-likeness (QED) is 0.162. The largest absolute Gasteiger partial charge is 0.507 e. The molecule has 2 heterocycles. The molecule has 8 aromatic carbocycles. The van der Waals surface area contributed by atoms with Crippen LogP contribution in [0.25, 0.3) is 43.3 Å². The summed E-state index contributed by atoms with van der Waals surface area (Å²) in [6.45, 7) is 0. The molecule has 0 amide bonds. The first-order valence-electron chi connectivity index (χ1n) is 23.5. The van der Waals surface area contributed by atoms with E-state index in [1.807, 2.05) is 60.7 Å². The van der Waals surface area contributed by atoms with Crippen molar-refractivity contribution in [3.8, 4) is 33.8 Å². The maximum Gasteiger partial charge on any atom is 0.343 e. The molecular formula is C62H46Br2O5S. The predicted molar refractivity (Wildman–Crippen MR) is 292 cm³/mol. The van der Waals surface area contributed by atoms with Crippen LogP contribution in [0, 0.1) is 0 Å². The summed E-state index contributed by atoms with van der Waals surface area (Å²) in [6, 6.07) is 65.5. The lowest BCUT2D eigenvalue weighted by Crippen LogP contribution is -2.23. The van der Waals surface area contributed by atoms with Crippen molar-refractivity contribution >= 4 is 64.3 Å². The van der Waals surface area contributed by atoms with Gasteiger partial charge in [-0.3, -0.25) is 4.79 Å². The summed E-state index contributed by atoms with van der Waals surface area (Å²) in [7, 11) is 0. The van der Waals surface area contributed by atoms with E-state index in [9.17, 15) is 19.8 Å². The topological polar surface area (TPSA) is 87.7 Å². The van der Waals surface area contributed by atoms with Gasteiger partial charge in [-0.25, -0.2) is 4.79 Å². The Morgan fingerprint density at radius 3 is 1.40 bits per heavy atom. The second-order valence-electron chi connectivity index (χ2n) is 18.3. The zero-order valence-electron chi connectivity index (χ0n) is 37.9. The molecule has 2 N–H and O–H groups in total. The van der Waals surface area contributed by atoms with Crippen molar-refractivity contribution in [3.63, 3.8) is 0 Å². The monoisotopic (exact) mass is 1060 g/mol. The maximum atomic E-state index is 13.3. The molecule has 5 nitrogen and oxygen atoms in total. The van der Waals surface area contributed by atoms with Crippen LogP contribution in [0.2, 0.25) is 0 Å². The van der Waals surface area contributed by atoms with Crippen LogP contribution in [0.3, 0.4) is 0 Å². The predicted octanol–water partition coefficient (Wildman–Crippen LogP) is 16.0. The Morgan fingerprint density at radius 1 is 0.457 bits per heavy atom. The van der Waals surface area contributed by atoms with Crippen LogP contribution >= 0.6 is 43.2 Å². The number of rotatable bonds is 6. The molecule has 4 atom stereocenters. The number of benzene rings is 8. The Bertz CT molecular complexity index is 3410. The third-order valence-electron chi connectivity index (χ3n) is 14.3. The molecule has 4 unspecified atom stereocenters. The highest BCUT2D eigenvalue weighted by Gasteiger charge is 2.35. The summed E-state index contributed by atoms with van der Waals surface area (Å²) in [5, 5.41) is 23.8. The fourth-order valence-corrected chi connectivity index (χ4v) is 12.3. The van der Waals surface area contributed by atoms with Crippen molar-refractivity contribution in [2.24, 2.45) is 0 Å². The number of fused-ring (bicyclic) bond motifs is 4. The van der Waals surface area contributed by atoms with Crippen LogP contribution in [-0.4, -0.2) is 10.2 Å². The Labute approximate surface area is 426 Å². The second kappa shape index (κ2) is 19.5. The highest BCUT2D eigenvalue weighted by atomic mass is 79.9. The van der Waals surface area contributed by atoms with Crippen LogP contribution in [0.5, 0.6) is 11.5 Å².